The van der Waals surface area contributed by atoms with Crippen molar-refractivity contribution in [1.82, 2.24) is 9.38 Å². The number of imidazole rings is 1. The Morgan fingerprint density at radius 3 is 2.69 bits per heavy atom. The first kappa shape index (κ1) is 15.4. The fourth-order valence-electron chi connectivity index (χ4n) is 2.81. The molecular weight excluding hydrogens is 364 g/mol. The average Bonchev–Trinajstić information content (AvgIpc) is 3.32. The molecule has 0 aliphatic rings. The van der Waals surface area contributed by atoms with Crippen molar-refractivity contribution < 1.29 is 4.42 Å². The SMILES string of the molecule is O=c1/c(=C\c2ccc(Sc3ccccc3)o2)sc2nc3ccccc3n12. The lowest BCUT2D eigenvalue weighted by Crippen LogP contribution is -2.22. The summed E-state index contributed by atoms with van der Waals surface area (Å²) in [4.78, 5) is 19.1. The summed E-state index contributed by atoms with van der Waals surface area (Å²) in [6.45, 7) is 0. The van der Waals surface area contributed by atoms with E-state index in [0.717, 1.165) is 21.0 Å². The summed E-state index contributed by atoms with van der Waals surface area (Å²) in [6.07, 6.45) is 1.78. The zero-order chi connectivity index (χ0) is 17.5. The Labute approximate surface area is 156 Å². The highest BCUT2D eigenvalue weighted by Crippen LogP contribution is 2.29. The molecular formula is C20H12N2O2S2. The Morgan fingerprint density at radius 1 is 1.00 bits per heavy atom. The van der Waals surface area contributed by atoms with Crippen LogP contribution < -0.4 is 10.1 Å². The molecule has 3 aromatic heterocycles. The summed E-state index contributed by atoms with van der Waals surface area (Å²) in [5.74, 6) is 0.661. The van der Waals surface area contributed by atoms with Crippen molar-refractivity contribution in [2.45, 2.75) is 9.99 Å². The summed E-state index contributed by atoms with van der Waals surface area (Å²) in [6, 6.07) is 21.5. The second-order valence-corrected chi connectivity index (χ2v) is 7.79. The monoisotopic (exact) mass is 376 g/mol. The van der Waals surface area contributed by atoms with Gasteiger partial charge in [-0.3, -0.25) is 4.79 Å². The molecule has 0 fully saturated rings. The van der Waals surface area contributed by atoms with E-state index in [1.165, 1.54) is 11.3 Å². The smallest absolute Gasteiger partial charge is 0.275 e. The highest BCUT2D eigenvalue weighted by molar-refractivity contribution is 7.99. The van der Waals surface area contributed by atoms with E-state index >= 15 is 0 Å². The van der Waals surface area contributed by atoms with Gasteiger partial charge in [0.05, 0.1) is 11.0 Å². The molecule has 0 saturated heterocycles. The van der Waals surface area contributed by atoms with E-state index in [2.05, 4.69) is 4.98 Å². The minimum atomic E-state index is -0.0626. The Balaban J connectivity index is 1.55. The molecule has 0 atom stereocenters. The largest absolute Gasteiger partial charge is 0.450 e. The lowest BCUT2D eigenvalue weighted by Gasteiger charge is -1.95. The van der Waals surface area contributed by atoms with Crippen LogP contribution >= 0.6 is 23.1 Å². The number of furan rings is 1. The second-order valence-electron chi connectivity index (χ2n) is 5.71. The third-order valence-corrected chi connectivity index (χ3v) is 5.88. The van der Waals surface area contributed by atoms with Gasteiger partial charge in [0.25, 0.3) is 5.56 Å². The normalized spacial score (nSPS) is 12.4. The van der Waals surface area contributed by atoms with Gasteiger partial charge in [0.2, 0.25) is 0 Å². The first-order valence-electron chi connectivity index (χ1n) is 8.02. The van der Waals surface area contributed by atoms with Crippen LogP contribution in [0.2, 0.25) is 0 Å². The van der Waals surface area contributed by atoms with Gasteiger partial charge in [0, 0.05) is 11.0 Å². The fraction of sp³-hybridized carbons (Fsp3) is 0. The van der Waals surface area contributed by atoms with Crippen molar-refractivity contribution in [3.8, 4) is 0 Å². The first-order valence-corrected chi connectivity index (χ1v) is 9.66. The van der Waals surface area contributed by atoms with Gasteiger partial charge in [-0.15, -0.1) is 0 Å². The Kier molecular flexibility index (Phi) is 3.65. The summed E-state index contributed by atoms with van der Waals surface area (Å²) in [5, 5.41) is 0.793. The predicted molar refractivity (Wildman–Crippen MR) is 105 cm³/mol. The molecule has 0 saturated carbocycles. The molecule has 0 N–H and O–H groups in total. The Bertz CT molecular complexity index is 1330. The third kappa shape index (κ3) is 2.64. The summed E-state index contributed by atoms with van der Waals surface area (Å²) >= 11 is 2.93. The van der Waals surface area contributed by atoms with Gasteiger partial charge >= 0.3 is 0 Å². The maximum absolute atomic E-state index is 12.8. The van der Waals surface area contributed by atoms with Crippen LogP contribution in [0, 0.1) is 0 Å². The van der Waals surface area contributed by atoms with Crippen LogP contribution in [-0.2, 0) is 0 Å². The molecule has 0 bridgehead atoms. The van der Waals surface area contributed by atoms with Crippen molar-refractivity contribution in [1.29, 1.82) is 0 Å². The summed E-state index contributed by atoms with van der Waals surface area (Å²) in [5.41, 5.74) is 1.61. The quantitative estimate of drug-likeness (QED) is 0.473. The van der Waals surface area contributed by atoms with Gasteiger partial charge in [-0.1, -0.05) is 53.4 Å². The maximum Gasteiger partial charge on any atom is 0.275 e. The lowest BCUT2D eigenvalue weighted by atomic mass is 10.3. The number of rotatable bonds is 3. The van der Waals surface area contributed by atoms with Crippen LogP contribution in [0.5, 0.6) is 0 Å². The van der Waals surface area contributed by atoms with Gasteiger partial charge in [0.1, 0.15) is 10.3 Å². The van der Waals surface area contributed by atoms with Crippen molar-refractivity contribution in [3.63, 3.8) is 0 Å². The average molecular weight is 376 g/mol. The number of benzene rings is 2. The van der Waals surface area contributed by atoms with Crippen LogP contribution in [0.25, 0.3) is 22.1 Å². The van der Waals surface area contributed by atoms with E-state index in [4.69, 9.17) is 4.42 Å². The van der Waals surface area contributed by atoms with E-state index in [1.54, 1.807) is 22.2 Å². The van der Waals surface area contributed by atoms with E-state index in [1.807, 2.05) is 66.7 Å². The molecule has 26 heavy (non-hydrogen) atoms. The van der Waals surface area contributed by atoms with E-state index in [-0.39, 0.29) is 5.56 Å². The zero-order valence-electron chi connectivity index (χ0n) is 13.5. The fourth-order valence-corrected chi connectivity index (χ4v) is 4.58. The summed E-state index contributed by atoms with van der Waals surface area (Å²) in [7, 11) is 0. The van der Waals surface area contributed by atoms with Gasteiger partial charge < -0.3 is 4.42 Å². The molecule has 3 heterocycles. The second kappa shape index (κ2) is 6.16. The number of aromatic nitrogens is 2. The topological polar surface area (TPSA) is 47.5 Å². The first-order chi connectivity index (χ1) is 12.8. The number of para-hydroxylation sites is 2. The Morgan fingerprint density at radius 2 is 1.81 bits per heavy atom. The molecule has 5 aromatic rings. The zero-order valence-corrected chi connectivity index (χ0v) is 15.1. The molecule has 0 aliphatic heterocycles. The molecule has 126 valence electrons. The van der Waals surface area contributed by atoms with Crippen LogP contribution in [0.15, 0.2) is 85.9 Å². The van der Waals surface area contributed by atoms with Crippen molar-refractivity contribution >= 4 is 45.2 Å². The molecule has 5 rings (SSSR count). The van der Waals surface area contributed by atoms with Crippen LogP contribution in [0.3, 0.4) is 0 Å². The van der Waals surface area contributed by atoms with Gasteiger partial charge in [-0.2, -0.15) is 0 Å². The minimum Gasteiger partial charge on any atom is -0.450 e. The molecule has 4 nitrogen and oxygen atoms in total. The Hall–Kier alpha value is -2.83. The molecule has 0 radical (unpaired) electrons. The van der Waals surface area contributed by atoms with E-state index in [9.17, 15) is 4.79 Å². The number of hydrogen-bond acceptors (Lipinski definition) is 5. The number of nitrogens with zero attached hydrogens (tertiary/aromatic N) is 2. The molecule has 0 aliphatic carbocycles. The third-order valence-electron chi connectivity index (χ3n) is 3.98. The number of fused-ring (bicyclic) bond motifs is 3. The summed E-state index contributed by atoms with van der Waals surface area (Å²) < 4.78 is 8.13. The molecule has 0 amide bonds. The van der Waals surface area contributed by atoms with Crippen LogP contribution in [-0.4, -0.2) is 9.38 Å². The van der Waals surface area contributed by atoms with Gasteiger partial charge in [-0.25, -0.2) is 9.38 Å². The van der Waals surface area contributed by atoms with Crippen molar-refractivity contribution in [2.75, 3.05) is 0 Å². The number of thiazole rings is 1. The lowest BCUT2D eigenvalue weighted by molar-refractivity contribution is 0.466. The van der Waals surface area contributed by atoms with Gasteiger partial charge in [0.15, 0.2) is 10.1 Å². The molecule has 6 heteroatoms. The molecule has 2 aromatic carbocycles. The highest BCUT2D eigenvalue weighted by Gasteiger charge is 2.11. The van der Waals surface area contributed by atoms with Crippen molar-refractivity contribution in [2.24, 2.45) is 0 Å². The van der Waals surface area contributed by atoms with Crippen LogP contribution in [0.4, 0.5) is 0 Å². The highest BCUT2D eigenvalue weighted by atomic mass is 32.2. The minimum absolute atomic E-state index is 0.0626. The van der Waals surface area contributed by atoms with Crippen molar-refractivity contribution in [3.05, 3.63) is 87.4 Å². The standard InChI is InChI=1S/C20H12N2O2S2/c23-19-17(26-20-21-15-8-4-5-9-16(15)22(19)20)12-13-10-11-18(24-13)25-14-6-2-1-3-7-14/h1-12H/b17-12+. The van der Waals surface area contributed by atoms with E-state index < -0.39 is 0 Å². The molecule has 0 spiro atoms. The van der Waals surface area contributed by atoms with Crippen LogP contribution in [0.1, 0.15) is 5.76 Å². The molecule has 0 unspecified atom stereocenters. The number of hydrogen-bond donors (Lipinski definition) is 0. The van der Waals surface area contributed by atoms with E-state index in [0.29, 0.717) is 15.3 Å². The predicted octanol–water partition coefficient (Wildman–Crippen LogP) is 4.20. The van der Waals surface area contributed by atoms with Gasteiger partial charge in [-0.05, 0) is 36.4 Å². The maximum atomic E-state index is 12.8.